The highest BCUT2D eigenvalue weighted by Gasteiger charge is 2.16. The summed E-state index contributed by atoms with van der Waals surface area (Å²) in [5.74, 6) is 0.487. The van der Waals surface area contributed by atoms with Crippen LogP contribution < -0.4 is 0 Å². The molecule has 2 amide bonds. The normalized spacial score (nSPS) is 12.6. The second kappa shape index (κ2) is 77.4. The van der Waals surface area contributed by atoms with Crippen molar-refractivity contribution in [3.05, 3.63) is 97.2 Å². The minimum Gasteiger partial charge on any atom is -0.344 e. The zero-order valence-corrected chi connectivity index (χ0v) is 65.6. The summed E-state index contributed by atoms with van der Waals surface area (Å²) in [5, 5.41) is 0. The number of amides is 2. The van der Waals surface area contributed by atoms with Crippen molar-refractivity contribution in [2.24, 2.45) is 0 Å². The van der Waals surface area contributed by atoms with E-state index in [2.05, 4.69) is 159 Å². The highest BCUT2D eigenvalue weighted by molar-refractivity contribution is 5.76. The van der Waals surface area contributed by atoms with Crippen LogP contribution in [-0.2, 0) is 9.59 Å². The predicted octanol–water partition coefficient (Wildman–Crippen LogP) is 24.4. The van der Waals surface area contributed by atoms with Crippen molar-refractivity contribution in [2.45, 2.75) is 349 Å². The number of carbonyl (C=O) groups is 2. The fourth-order valence-corrected chi connectivity index (χ4v) is 12.3. The van der Waals surface area contributed by atoms with Gasteiger partial charge >= 0.3 is 0 Å². The molecule has 0 unspecified atom stereocenters. The third-order valence-electron chi connectivity index (χ3n) is 19.3. The van der Waals surface area contributed by atoms with Gasteiger partial charge < -0.3 is 29.4 Å². The SMILES string of the molecule is CCCCC/C=C\C/C=C\CCCCCCCCN(CCCCCCCC/C=C\C/C=C\CCCCC)CCN(C)C(=O)CCN(C)CCN(C)CCC(=O)N(C)CCN(CCCCCCCC/C=C\C/C=C\CCCCC)CCCCCCCC/C=C\C/C=C\CCCCC. The van der Waals surface area contributed by atoms with E-state index < -0.39 is 0 Å². The van der Waals surface area contributed by atoms with Gasteiger partial charge in [0.2, 0.25) is 11.8 Å². The summed E-state index contributed by atoms with van der Waals surface area (Å²) in [6.45, 7) is 20.4. The number of hydrogen-bond acceptors (Lipinski definition) is 6. The average Bonchev–Trinajstić information content (AvgIpc) is 2.41. The third kappa shape index (κ3) is 70.6. The van der Waals surface area contributed by atoms with Crippen LogP contribution in [0.2, 0.25) is 0 Å². The summed E-state index contributed by atoms with van der Waals surface area (Å²) in [6, 6.07) is 0. The topological polar surface area (TPSA) is 53.6 Å². The number of nitrogens with zero attached hydrogens (tertiary/aromatic N) is 6. The van der Waals surface area contributed by atoms with Crippen molar-refractivity contribution < 1.29 is 9.59 Å². The van der Waals surface area contributed by atoms with E-state index >= 15 is 0 Å². The molecule has 0 bridgehead atoms. The maximum atomic E-state index is 13.5. The lowest BCUT2D eigenvalue weighted by Gasteiger charge is -2.27. The van der Waals surface area contributed by atoms with Crippen LogP contribution in [0.4, 0.5) is 0 Å². The number of unbranched alkanes of at least 4 members (excludes halogenated alkanes) is 36. The van der Waals surface area contributed by atoms with Gasteiger partial charge in [0.05, 0.1) is 0 Å². The van der Waals surface area contributed by atoms with Gasteiger partial charge in [0, 0.05) is 79.3 Å². The van der Waals surface area contributed by atoms with E-state index in [9.17, 15) is 9.59 Å². The van der Waals surface area contributed by atoms with Gasteiger partial charge in [-0.25, -0.2) is 0 Å². The van der Waals surface area contributed by atoms with Gasteiger partial charge in [-0.15, -0.1) is 0 Å². The van der Waals surface area contributed by atoms with Crippen molar-refractivity contribution in [2.75, 3.05) is 107 Å². The van der Waals surface area contributed by atoms with Gasteiger partial charge in [-0.1, -0.05) is 279 Å². The molecule has 0 aromatic heterocycles. The second-order valence-corrected chi connectivity index (χ2v) is 28.8. The van der Waals surface area contributed by atoms with Crippen molar-refractivity contribution in [1.29, 1.82) is 0 Å². The Balaban J connectivity index is 4.94. The predicted molar refractivity (Wildman–Crippen MR) is 430 cm³/mol. The minimum absolute atomic E-state index is 0.243. The molecule has 0 saturated heterocycles. The number of allylic oxidation sites excluding steroid dienone is 16. The number of likely N-dealkylation sites (N-methyl/N-ethyl adjacent to an activating group) is 4. The molecule has 0 heterocycles. The van der Waals surface area contributed by atoms with E-state index in [0.29, 0.717) is 12.8 Å². The zero-order chi connectivity index (χ0) is 69.8. The molecule has 0 fully saturated rings. The van der Waals surface area contributed by atoms with Crippen LogP contribution >= 0.6 is 0 Å². The molecule has 0 aromatic rings. The van der Waals surface area contributed by atoms with Gasteiger partial charge in [0.1, 0.15) is 0 Å². The summed E-state index contributed by atoms with van der Waals surface area (Å²) in [7, 11) is 8.30. The van der Waals surface area contributed by atoms with Gasteiger partial charge in [0.15, 0.2) is 0 Å². The fourth-order valence-electron chi connectivity index (χ4n) is 12.3. The van der Waals surface area contributed by atoms with Crippen molar-refractivity contribution in [3.63, 3.8) is 0 Å². The smallest absolute Gasteiger partial charge is 0.223 e. The molecule has 0 saturated carbocycles. The van der Waals surface area contributed by atoms with Crippen LogP contribution in [-0.4, -0.2) is 148 Å². The molecule has 558 valence electrons. The molecular formula is C88H164N6O2. The largest absolute Gasteiger partial charge is 0.344 e. The molecule has 8 nitrogen and oxygen atoms in total. The Labute approximate surface area is 600 Å². The minimum atomic E-state index is 0.243. The Bertz CT molecular complexity index is 1640. The molecule has 0 aromatic carbocycles. The van der Waals surface area contributed by atoms with Crippen molar-refractivity contribution >= 4 is 11.8 Å². The summed E-state index contributed by atoms with van der Waals surface area (Å²) < 4.78 is 0. The van der Waals surface area contributed by atoms with Crippen LogP contribution in [0, 0.1) is 0 Å². The molecule has 0 rings (SSSR count). The molecule has 0 aliphatic heterocycles. The second-order valence-electron chi connectivity index (χ2n) is 28.8. The van der Waals surface area contributed by atoms with E-state index in [1.54, 1.807) is 0 Å². The maximum Gasteiger partial charge on any atom is 0.223 e. The molecular weight excluding hydrogens is 1170 g/mol. The number of rotatable bonds is 75. The Kier molecular flexibility index (Phi) is 74.8. The highest BCUT2D eigenvalue weighted by Crippen LogP contribution is 2.15. The molecule has 0 radical (unpaired) electrons. The Morgan fingerprint density at radius 1 is 0.208 bits per heavy atom. The van der Waals surface area contributed by atoms with Gasteiger partial charge in [-0.05, 0) is 194 Å². The van der Waals surface area contributed by atoms with Crippen LogP contribution in [0.25, 0.3) is 0 Å². The van der Waals surface area contributed by atoms with Gasteiger partial charge in [-0.2, -0.15) is 0 Å². The molecule has 0 atom stereocenters. The molecule has 0 spiro atoms. The standard InChI is InChI=1S/C88H164N6O2/c1-9-13-17-21-25-29-33-37-41-45-49-53-57-61-65-69-75-93(76-70-66-62-58-54-50-46-42-38-34-30-26-22-18-14-10-2)85-83-91(7)87(95)73-79-89(5)81-82-90(6)80-74-88(96)92(8)84-86-94(77-71-67-63-59-55-51-47-43-39-35-31-27-23-19-15-11-3)78-72-68-64-60-56-52-48-44-40-36-32-28-24-20-16-12-4/h25-32,37-44H,9-24,33-36,45-86H2,1-8H3/b29-25-,30-26-,31-27-,32-28-,41-37-,42-38-,43-39-,44-40-. The summed E-state index contributed by atoms with van der Waals surface area (Å²) in [6.07, 6.45) is 100. The molecule has 0 aliphatic rings. The monoisotopic (exact) mass is 1340 g/mol. The quantitative estimate of drug-likeness (QED) is 0.0447. The first-order valence-electron chi connectivity index (χ1n) is 41.7. The summed E-state index contributed by atoms with van der Waals surface area (Å²) in [5.41, 5.74) is 0. The maximum absolute atomic E-state index is 13.5. The lowest BCUT2D eigenvalue weighted by Crippen LogP contribution is -2.39. The Morgan fingerprint density at radius 3 is 0.625 bits per heavy atom. The van der Waals surface area contributed by atoms with Crippen LogP contribution in [0.15, 0.2) is 97.2 Å². The highest BCUT2D eigenvalue weighted by atomic mass is 16.2. The van der Waals surface area contributed by atoms with E-state index in [0.717, 1.165) is 104 Å². The van der Waals surface area contributed by atoms with E-state index in [1.165, 1.54) is 283 Å². The van der Waals surface area contributed by atoms with Crippen LogP contribution in [0.5, 0.6) is 0 Å². The number of carbonyl (C=O) groups excluding carboxylic acids is 2. The number of hydrogen-bond donors (Lipinski definition) is 0. The molecule has 0 N–H and O–H groups in total. The first-order valence-corrected chi connectivity index (χ1v) is 41.7. The van der Waals surface area contributed by atoms with Gasteiger partial charge in [0.25, 0.3) is 0 Å². The molecule has 8 heteroatoms. The van der Waals surface area contributed by atoms with E-state index in [1.807, 2.05) is 23.9 Å². The summed E-state index contributed by atoms with van der Waals surface area (Å²) in [4.78, 5) is 40.9. The summed E-state index contributed by atoms with van der Waals surface area (Å²) >= 11 is 0. The third-order valence-corrected chi connectivity index (χ3v) is 19.3. The fraction of sp³-hybridized carbons (Fsp3) is 0.795. The first kappa shape index (κ1) is 92.7. The Hall–Kier alpha value is -3.30. The molecule has 96 heavy (non-hydrogen) atoms. The lowest BCUT2D eigenvalue weighted by molar-refractivity contribution is -0.131. The van der Waals surface area contributed by atoms with Gasteiger partial charge in [-0.3, -0.25) is 9.59 Å². The van der Waals surface area contributed by atoms with E-state index in [-0.39, 0.29) is 11.8 Å². The average molecular weight is 1340 g/mol. The first-order chi connectivity index (χ1) is 47.2. The van der Waals surface area contributed by atoms with Crippen LogP contribution in [0.1, 0.15) is 349 Å². The van der Waals surface area contributed by atoms with Crippen molar-refractivity contribution in [1.82, 2.24) is 29.4 Å². The Morgan fingerprint density at radius 2 is 0.406 bits per heavy atom. The van der Waals surface area contributed by atoms with E-state index in [4.69, 9.17) is 0 Å². The molecule has 0 aliphatic carbocycles. The zero-order valence-electron chi connectivity index (χ0n) is 65.6. The van der Waals surface area contributed by atoms with Crippen molar-refractivity contribution in [3.8, 4) is 0 Å². The lowest BCUT2D eigenvalue weighted by atomic mass is 10.1. The van der Waals surface area contributed by atoms with Crippen LogP contribution in [0.3, 0.4) is 0 Å².